The first-order valence-corrected chi connectivity index (χ1v) is 11.9. The minimum absolute atomic E-state index is 0.0429. The number of aromatic hydroxyl groups is 1. The molecule has 1 unspecified atom stereocenters. The summed E-state index contributed by atoms with van der Waals surface area (Å²) >= 11 is 0. The van der Waals surface area contributed by atoms with E-state index >= 15 is 0 Å². The highest BCUT2D eigenvalue weighted by Gasteiger charge is 2.30. The predicted octanol–water partition coefficient (Wildman–Crippen LogP) is 1.23. The van der Waals surface area contributed by atoms with Gasteiger partial charge < -0.3 is 20.2 Å². The number of piperazine rings is 1. The van der Waals surface area contributed by atoms with Crippen LogP contribution in [0.25, 0.3) is 11.7 Å². The second-order valence-electron chi connectivity index (χ2n) is 9.97. The Kier molecular flexibility index (Phi) is 6.53. The van der Waals surface area contributed by atoms with Crippen LogP contribution in [0.3, 0.4) is 0 Å². The van der Waals surface area contributed by atoms with Crippen molar-refractivity contribution in [2.24, 2.45) is 5.92 Å². The van der Waals surface area contributed by atoms with Crippen LogP contribution in [0.4, 0.5) is 0 Å². The van der Waals surface area contributed by atoms with E-state index in [2.05, 4.69) is 15.3 Å². The first-order valence-electron chi connectivity index (χ1n) is 11.9. The molecule has 1 aliphatic carbocycles. The molecule has 0 radical (unpaired) electrons. The van der Waals surface area contributed by atoms with Gasteiger partial charge >= 0.3 is 0 Å². The van der Waals surface area contributed by atoms with Crippen molar-refractivity contribution in [3.05, 3.63) is 33.3 Å². The SMILES string of the molecule is Cc1nn2c(=O)c(C(=O)NC3CC3)c(O)n(CC(C)C)c2c1C=CC(=O)N1CCN(C)CC1C. The molecule has 184 valence electrons. The normalized spacial score (nSPS) is 19.5. The van der Waals surface area contributed by atoms with Gasteiger partial charge in [-0.05, 0) is 45.7 Å². The summed E-state index contributed by atoms with van der Waals surface area (Å²) in [6.45, 7) is 10.4. The van der Waals surface area contributed by atoms with Crippen LogP contribution in [0, 0.1) is 12.8 Å². The Bertz CT molecular complexity index is 1210. The molecule has 1 atom stereocenters. The lowest BCUT2D eigenvalue weighted by atomic mass is 10.1. The van der Waals surface area contributed by atoms with Crippen LogP contribution in [-0.2, 0) is 11.3 Å². The highest BCUT2D eigenvalue weighted by Crippen LogP contribution is 2.26. The van der Waals surface area contributed by atoms with Crippen molar-refractivity contribution in [2.75, 3.05) is 26.7 Å². The molecule has 2 aromatic rings. The summed E-state index contributed by atoms with van der Waals surface area (Å²) in [4.78, 5) is 42.9. The molecule has 10 nitrogen and oxygen atoms in total. The van der Waals surface area contributed by atoms with E-state index in [0.717, 1.165) is 25.9 Å². The Hall–Kier alpha value is -3.14. The third-order valence-corrected chi connectivity index (χ3v) is 6.42. The number of likely N-dealkylation sites (N-methyl/N-ethyl adjacent to an activating group) is 1. The second kappa shape index (κ2) is 9.25. The van der Waals surface area contributed by atoms with Crippen molar-refractivity contribution in [3.63, 3.8) is 0 Å². The lowest BCUT2D eigenvalue weighted by Gasteiger charge is -2.37. The van der Waals surface area contributed by atoms with Gasteiger partial charge in [0.15, 0.2) is 5.56 Å². The van der Waals surface area contributed by atoms with E-state index in [1.165, 1.54) is 10.6 Å². The first kappa shape index (κ1) is 24.0. The summed E-state index contributed by atoms with van der Waals surface area (Å²) in [6.07, 6.45) is 4.89. The van der Waals surface area contributed by atoms with E-state index < -0.39 is 11.5 Å². The minimum atomic E-state index is -0.674. The molecule has 2 fully saturated rings. The van der Waals surface area contributed by atoms with Gasteiger partial charge in [0.2, 0.25) is 11.8 Å². The number of fused-ring (bicyclic) bond motifs is 1. The van der Waals surface area contributed by atoms with Crippen LogP contribution < -0.4 is 10.9 Å². The van der Waals surface area contributed by atoms with E-state index in [-0.39, 0.29) is 35.4 Å². The fourth-order valence-corrected chi connectivity index (χ4v) is 4.50. The first-order chi connectivity index (χ1) is 16.1. The summed E-state index contributed by atoms with van der Waals surface area (Å²) in [6, 6.07) is 0.137. The molecule has 3 heterocycles. The maximum atomic E-state index is 13.2. The summed E-state index contributed by atoms with van der Waals surface area (Å²) in [5.74, 6) is -0.954. The Labute approximate surface area is 198 Å². The number of carbonyl (C=O) groups is 2. The third-order valence-electron chi connectivity index (χ3n) is 6.42. The lowest BCUT2D eigenvalue weighted by molar-refractivity contribution is -0.130. The van der Waals surface area contributed by atoms with Crippen molar-refractivity contribution in [1.29, 1.82) is 0 Å². The monoisotopic (exact) mass is 470 g/mol. The lowest BCUT2D eigenvalue weighted by Crippen LogP contribution is -2.52. The van der Waals surface area contributed by atoms with Crippen LogP contribution >= 0.6 is 0 Å². The fraction of sp³-hybridized carbons (Fsp3) is 0.583. The van der Waals surface area contributed by atoms with Gasteiger partial charge in [-0.25, -0.2) is 0 Å². The summed E-state index contributed by atoms with van der Waals surface area (Å²) in [5, 5.41) is 18.2. The van der Waals surface area contributed by atoms with Crippen molar-refractivity contribution in [2.45, 2.75) is 59.2 Å². The summed E-state index contributed by atoms with van der Waals surface area (Å²) in [5.41, 5.74) is 0.488. The largest absolute Gasteiger partial charge is 0.494 e. The number of nitrogens with zero attached hydrogens (tertiary/aromatic N) is 5. The number of aromatic nitrogens is 3. The van der Waals surface area contributed by atoms with E-state index in [0.29, 0.717) is 30.0 Å². The highest BCUT2D eigenvalue weighted by atomic mass is 16.3. The third kappa shape index (κ3) is 4.59. The van der Waals surface area contributed by atoms with Gasteiger partial charge in [0, 0.05) is 49.9 Å². The molecule has 2 amide bonds. The zero-order chi connectivity index (χ0) is 24.7. The molecule has 34 heavy (non-hydrogen) atoms. The van der Waals surface area contributed by atoms with E-state index in [1.807, 2.05) is 32.7 Å². The zero-order valence-corrected chi connectivity index (χ0v) is 20.5. The average molecular weight is 471 g/mol. The van der Waals surface area contributed by atoms with E-state index in [4.69, 9.17) is 0 Å². The highest BCUT2D eigenvalue weighted by molar-refractivity contribution is 5.97. The van der Waals surface area contributed by atoms with E-state index in [1.54, 1.807) is 17.6 Å². The maximum Gasteiger partial charge on any atom is 0.291 e. The Morgan fingerprint density at radius 1 is 1.26 bits per heavy atom. The zero-order valence-electron chi connectivity index (χ0n) is 20.5. The molecule has 1 saturated heterocycles. The van der Waals surface area contributed by atoms with Gasteiger partial charge in [-0.3, -0.25) is 19.0 Å². The quantitative estimate of drug-likeness (QED) is 0.615. The molecule has 0 spiro atoms. The second-order valence-corrected chi connectivity index (χ2v) is 9.97. The molecule has 2 aromatic heterocycles. The Morgan fingerprint density at radius 3 is 2.59 bits per heavy atom. The van der Waals surface area contributed by atoms with Crippen molar-refractivity contribution < 1.29 is 14.7 Å². The predicted molar refractivity (Wildman–Crippen MR) is 129 cm³/mol. The molecular formula is C24H34N6O4. The van der Waals surface area contributed by atoms with Crippen LogP contribution in [0.5, 0.6) is 5.88 Å². The van der Waals surface area contributed by atoms with Gasteiger partial charge in [0.1, 0.15) is 5.65 Å². The van der Waals surface area contributed by atoms with Crippen molar-refractivity contribution in [1.82, 2.24) is 29.3 Å². The fourth-order valence-electron chi connectivity index (χ4n) is 4.50. The number of rotatable bonds is 6. The van der Waals surface area contributed by atoms with E-state index in [9.17, 15) is 19.5 Å². The van der Waals surface area contributed by atoms with Crippen molar-refractivity contribution in [3.8, 4) is 5.88 Å². The van der Waals surface area contributed by atoms with Crippen LogP contribution in [-0.4, -0.2) is 79.7 Å². The van der Waals surface area contributed by atoms with Gasteiger partial charge in [-0.15, -0.1) is 0 Å². The van der Waals surface area contributed by atoms with Gasteiger partial charge in [-0.2, -0.15) is 9.61 Å². The van der Waals surface area contributed by atoms with Gasteiger partial charge in [0.05, 0.1) is 5.69 Å². The standard InChI is InChI=1S/C24H34N6O4/c1-14(2)12-29-22-18(8-9-19(31)28-11-10-27(5)13-15(28)3)16(4)26-30(22)24(34)20(23(29)33)21(32)25-17-6-7-17/h8-9,14-15,17,33H,6-7,10-13H2,1-5H3,(H,25,32). The molecular weight excluding hydrogens is 436 g/mol. The van der Waals surface area contributed by atoms with Crippen LogP contribution in [0.1, 0.15) is 55.2 Å². The summed E-state index contributed by atoms with van der Waals surface area (Å²) in [7, 11) is 2.04. The molecule has 10 heteroatoms. The molecule has 2 N–H and O–H groups in total. The number of aryl methyl sites for hydroxylation is 1. The molecule has 4 rings (SSSR count). The maximum absolute atomic E-state index is 13.2. The van der Waals surface area contributed by atoms with Gasteiger partial charge in [-0.1, -0.05) is 13.8 Å². The number of hydrogen-bond donors (Lipinski definition) is 2. The number of nitrogens with one attached hydrogen (secondary N) is 1. The molecule has 1 saturated carbocycles. The average Bonchev–Trinajstić information content (AvgIpc) is 3.50. The molecule has 0 bridgehead atoms. The Morgan fingerprint density at radius 2 is 1.97 bits per heavy atom. The number of carbonyl (C=O) groups excluding carboxylic acids is 2. The van der Waals surface area contributed by atoms with Crippen LogP contribution in [0.15, 0.2) is 10.9 Å². The molecule has 2 aliphatic rings. The van der Waals surface area contributed by atoms with Crippen LogP contribution in [0.2, 0.25) is 0 Å². The molecule has 1 aliphatic heterocycles. The number of hydrogen-bond acceptors (Lipinski definition) is 6. The minimum Gasteiger partial charge on any atom is -0.494 e. The smallest absolute Gasteiger partial charge is 0.291 e. The Balaban J connectivity index is 1.78. The number of amides is 2. The van der Waals surface area contributed by atoms with Crippen molar-refractivity contribution >= 4 is 23.5 Å². The van der Waals surface area contributed by atoms with Gasteiger partial charge in [0.25, 0.3) is 11.5 Å². The summed E-state index contributed by atoms with van der Waals surface area (Å²) < 4.78 is 2.72. The topological polar surface area (TPSA) is 112 Å². The molecule has 0 aromatic carbocycles.